The molecule has 0 radical (unpaired) electrons. The molecular formula is C39H55N5O2. The zero-order chi connectivity index (χ0) is 33.8. The van der Waals surface area contributed by atoms with E-state index in [1.54, 1.807) is 6.20 Å². The van der Waals surface area contributed by atoms with Crippen LogP contribution in [0.25, 0.3) is 22.2 Å². The molecule has 0 bridgehead atoms. The molecule has 0 aliphatic heterocycles. The second kappa shape index (κ2) is 14.8. The molecule has 0 unspecified atom stereocenters. The minimum atomic E-state index is -0.769. The summed E-state index contributed by atoms with van der Waals surface area (Å²) in [5.41, 5.74) is 8.92. The highest BCUT2D eigenvalue weighted by Gasteiger charge is 2.36. The van der Waals surface area contributed by atoms with E-state index in [1.165, 1.54) is 27.8 Å². The Kier molecular flexibility index (Phi) is 11.3. The lowest BCUT2D eigenvalue weighted by molar-refractivity contribution is -0.612. The van der Waals surface area contributed by atoms with Gasteiger partial charge in [-0.05, 0) is 99.7 Å². The van der Waals surface area contributed by atoms with E-state index < -0.39 is 5.41 Å². The molecule has 248 valence electrons. The molecule has 3 aromatic heterocycles. The minimum Gasteiger partial charge on any atom is -0.619 e. The number of aromatic nitrogens is 3. The first-order valence-corrected chi connectivity index (χ1v) is 17.0. The maximum Gasteiger partial charge on any atom is 0.234 e. The van der Waals surface area contributed by atoms with E-state index in [2.05, 4.69) is 83.0 Å². The van der Waals surface area contributed by atoms with Crippen LogP contribution in [0.4, 0.5) is 0 Å². The summed E-state index contributed by atoms with van der Waals surface area (Å²) in [6.45, 7) is 24.3. The molecule has 4 rings (SSSR count). The number of pyridine rings is 2. The normalized spacial score (nSPS) is 12.8. The van der Waals surface area contributed by atoms with Crippen molar-refractivity contribution in [2.75, 3.05) is 26.2 Å². The van der Waals surface area contributed by atoms with Crippen LogP contribution in [0, 0.1) is 37.8 Å². The summed E-state index contributed by atoms with van der Waals surface area (Å²) in [5, 5.41) is 16.5. The molecule has 1 amide bonds. The Bertz CT molecular complexity index is 1620. The van der Waals surface area contributed by atoms with Gasteiger partial charge in [0.15, 0.2) is 11.9 Å². The maximum absolute atomic E-state index is 14.1. The van der Waals surface area contributed by atoms with Crippen LogP contribution in [0.1, 0.15) is 94.4 Å². The van der Waals surface area contributed by atoms with Crippen LogP contribution in [0.15, 0.2) is 48.8 Å². The highest BCUT2D eigenvalue weighted by atomic mass is 16.5. The molecule has 0 fully saturated rings. The van der Waals surface area contributed by atoms with E-state index in [1.807, 2.05) is 44.0 Å². The number of rotatable bonds is 14. The summed E-state index contributed by atoms with van der Waals surface area (Å²) in [6.07, 6.45) is 5.42. The lowest BCUT2D eigenvalue weighted by Gasteiger charge is -2.34. The number of aromatic amines is 1. The van der Waals surface area contributed by atoms with Crippen molar-refractivity contribution in [3.8, 4) is 11.3 Å². The molecule has 2 N–H and O–H groups in total. The van der Waals surface area contributed by atoms with Crippen molar-refractivity contribution < 1.29 is 9.52 Å². The first kappa shape index (κ1) is 35.1. The topological polar surface area (TPSA) is 88.0 Å². The van der Waals surface area contributed by atoms with Crippen molar-refractivity contribution in [2.45, 2.75) is 93.4 Å². The second-order valence-corrected chi connectivity index (χ2v) is 14.7. The van der Waals surface area contributed by atoms with Gasteiger partial charge in [-0.15, -0.1) is 0 Å². The third-order valence-electron chi connectivity index (χ3n) is 8.80. The molecule has 0 aliphatic carbocycles. The fourth-order valence-corrected chi connectivity index (χ4v) is 6.60. The quantitative estimate of drug-likeness (QED) is 0.0861. The van der Waals surface area contributed by atoms with Crippen molar-refractivity contribution in [3.63, 3.8) is 0 Å². The molecule has 0 saturated heterocycles. The zero-order valence-corrected chi connectivity index (χ0v) is 29.8. The van der Waals surface area contributed by atoms with Crippen LogP contribution in [0.2, 0.25) is 0 Å². The standard InChI is InChI=1S/C39H55N5O2/c1-25(2)23-43(24-26(3)4)38(45)39(9,10)35-20-33-34(22-41-35)42-37(32-17-27(5)16-28(6)18-32)36(33)29(7)21-40-14-11-12-31-13-15-44(46)30(8)19-31/h13,15-20,22,25-26,29,40,42H,11-12,14,21,23-24H2,1-10H3/t29-/m1/s1. The number of hydrogen-bond acceptors (Lipinski definition) is 4. The van der Waals surface area contributed by atoms with Gasteiger partial charge in [0.1, 0.15) is 0 Å². The van der Waals surface area contributed by atoms with Crippen molar-refractivity contribution in [2.24, 2.45) is 11.8 Å². The van der Waals surface area contributed by atoms with E-state index in [0.29, 0.717) is 11.8 Å². The summed E-state index contributed by atoms with van der Waals surface area (Å²) in [6, 6.07) is 12.7. The predicted octanol–water partition coefficient (Wildman–Crippen LogP) is 7.53. The average molecular weight is 626 g/mol. The van der Waals surface area contributed by atoms with E-state index in [0.717, 1.165) is 71.7 Å². The third kappa shape index (κ3) is 8.35. The minimum absolute atomic E-state index is 0.127. The molecule has 4 aromatic rings. The zero-order valence-electron chi connectivity index (χ0n) is 29.8. The smallest absolute Gasteiger partial charge is 0.234 e. The fourth-order valence-electron chi connectivity index (χ4n) is 6.60. The number of hydrogen-bond donors (Lipinski definition) is 2. The van der Waals surface area contributed by atoms with E-state index >= 15 is 0 Å². The first-order chi connectivity index (χ1) is 21.7. The number of nitrogens with one attached hydrogen (secondary N) is 2. The van der Waals surface area contributed by atoms with Crippen LogP contribution in [0.5, 0.6) is 0 Å². The van der Waals surface area contributed by atoms with E-state index in [4.69, 9.17) is 4.98 Å². The maximum atomic E-state index is 14.1. The van der Waals surface area contributed by atoms with Gasteiger partial charge in [0, 0.05) is 44.1 Å². The van der Waals surface area contributed by atoms with E-state index in [-0.39, 0.29) is 11.8 Å². The molecule has 3 heterocycles. The first-order valence-electron chi connectivity index (χ1n) is 17.0. The lowest BCUT2D eigenvalue weighted by Crippen LogP contribution is -2.46. The van der Waals surface area contributed by atoms with E-state index in [9.17, 15) is 10.0 Å². The summed E-state index contributed by atoms with van der Waals surface area (Å²) in [5.74, 6) is 1.11. The average Bonchev–Trinajstić information content (AvgIpc) is 3.36. The number of benzene rings is 1. The van der Waals surface area contributed by atoms with Crippen LogP contribution < -0.4 is 10.0 Å². The number of carbonyl (C=O) groups is 1. The van der Waals surface area contributed by atoms with Gasteiger partial charge < -0.3 is 20.4 Å². The van der Waals surface area contributed by atoms with Gasteiger partial charge in [0.05, 0.1) is 28.5 Å². The number of nitrogens with zero attached hydrogens (tertiary/aromatic N) is 3. The summed E-state index contributed by atoms with van der Waals surface area (Å²) >= 11 is 0. The van der Waals surface area contributed by atoms with Crippen molar-refractivity contribution in [3.05, 3.63) is 87.6 Å². The molecule has 1 atom stereocenters. The van der Waals surface area contributed by atoms with Crippen LogP contribution in [-0.4, -0.2) is 47.0 Å². The molecular weight excluding hydrogens is 570 g/mol. The lowest BCUT2D eigenvalue weighted by atomic mass is 9.85. The number of fused-ring (bicyclic) bond motifs is 1. The van der Waals surface area contributed by atoms with Gasteiger partial charge in [-0.3, -0.25) is 9.78 Å². The Morgan fingerprint density at radius 1 is 1.00 bits per heavy atom. The second-order valence-electron chi connectivity index (χ2n) is 14.7. The van der Waals surface area contributed by atoms with Crippen LogP contribution in [0.3, 0.4) is 0 Å². The Morgan fingerprint density at radius 2 is 1.65 bits per heavy atom. The number of H-pyrrole nitrogens is 1. The Morgan fingerprint density at radius 3 is 2.26 bits per heavy atom. The van der Waals surface area contributed by atoms with Gasteiger partial charge in [0.25, 0.3) is 0 Å². The monoisotopic (exact) mass is 625 g/mol. The SMILES string of the molecule is Cc1cc(C)cc(-c2[nH]c3cnc(C(C)(C)C(=O)N(CC(C)C)CC(C)C)cc3c2[C@H](C)CNCCCc2cc[n+]([O-])c(C)c2)c1. The Labute approximate surface area is 276 Å². The summed E-state index contributed by atoms with van der Waals surface area (Å²) in [7, 11) is 0. The van der Waals surface area contributed by atoms with Crippen LogP contribution >= 0.6 is 0 Å². The van der Waals surface area contributed by atoms with Crippen molar-refractivity contribution >= 4 is 16.8 Å². The van der Waals surface area contributed by atoms with Crippen LogP contribution in [-0.2, 0) is 16.6 Å². The summed E-state index contributed by atoms with van der Waals surface area (Å²) < 4.78 is 0.906. The molecule has 0 spiro atoms. The fraction of sp³-hybridized carbons (Fsp3) is 0.513. The van der Waals surface area contributed by atoms with Gasteiger partial charge in [-0.2, -0.15) is 4.73 Å². The molecule has 7 heteroatoms. The van der Waals surface area contributed by atoms with Gasteiger partial charge in [0.2, 0.25) is 5.91 Å². The number of aryl methyl sites for hydroxylation is 4. The molecule has 46 heavy (non-hydrogen) atoms. The molecule has 0 aliphatic rings. The Balaban J connectivity index is 1.65. The third-order valence-corrected chi connectivity index (χ3v) is 8.80. The summed E-state index contributed by atoms with van der Waals surface area (Å²) in [4.78, 5) is 24.7. The molecule has 1 aromatic carbocycles. The number of amides is 1. The van der Waals surface area contributed by atoms with Gasteiger partial charge in [-0.1, -0.05) is 51.8 Å². The predicted molar refractivity (Wildman–Crippen MR) is 190 cm³/mol. The largest absolute Gasteiger partial charge is 0.619 e. The molecule has 0 saturated carbocycles. The number of carbonyl (C=O) groups excluding carboxylic acids is 1. The Hall–Kier alpha value is -3.71. The highest BCUT2D eigenvalue weighted by Crippen LogP contribution is 2.38. The highest BCUT2D eigenvalue weighted by molar-refractivity contribution is 5.93. The van der Waals surface area contributed by atoms with Gasteiger partial charge in [-0.25, -0.2) is 0 Å². The van der Waals surface area contributed by atoms with Crippen molar-refractivity contribution in [1.82, 2.24) is 20.2 Å². The molecule has 7 nitrogen and oxygen atoms in total. The van der Waals surface area contributed by atoms with Gasteiger partial charge >= 0.3 is 0 Å². The van der Waals surface area contributed by atoms with Crippen molar-refractivity contribution in [1.29, 1.82) is 0 Å².